The molecule has 2 aromatic rings. The van der Waals surface area contributed by atoms with Gasteiger partial charge in [0.2, 0.25) is 0 Å². The SMILES string of the molecule is C=C(Nc1ccc(NC(=O)NCCC(C)(C)C)nc1)c1c(F)cc(OCCNC)cc1N=CC. The van der Waals surface area contributed by atoms with Crippen molar-refractivity contribution in [3.63, 3.8) is 0 Å². The summed E-state index contributed by atoms with van der Waals surface area (Å²) in [5.41, 5.74) is 1.69. The van der Waals surface area contributed by atoms with Crippen LogP contribution in [0.25, 0.3) is 5.70 Å². The number of nitrogens with zero attached hydrogens (tertiary/aromatic N) is 2. The van der Waals surface area contributed by atoms with Gasteiger partial charge in [-0.1, -0.05) is 27.4 Å². The molecule has 9 heteroatoms. The largest absolute Gasteiger partial charge is 0.492 e. The number of amides is 2. The Balaban J connectivity index is 2.04. The van der Waals surface area contributed by atoms with Crippen LogP contribution in [0.4, 0.5) is 26.4 Å². The van der Waals surface area contributed by atoms with Gasteiger partial charge < -0.3 is 20.7 Å². The molecular weight excluding hydrogens is 435 g/mol. The van der Waals surface area contributed by atoms with Crippen molar-refractivity contribution in [2.24, 2.45) is 10.4 Å². The van der Waals surface area contributed by atoms with Gasteiger partial charge in [0.1, 0.15) is 24.0 Å². The highest BCUT2D eigenvalue weighted by Gasteiger charge is 2.15. The number of hydrogen-bond acceptors (Lipinski definition) is 6. The summed E-state index contributed by atoms with van der Waals surface area (Å²) >= 11 is 0. The summed E-state index contributed by atoms with van der Waals surface area (Å²) in [6, 6.07) is 6.04. The maximum absolute atomic E-state index is 14.9. The highest BCUT2D eigenvalue weighted by Crippen LogP contribution is 2.33. The van der Waals surface area contributed by atoms with Gasteiger partial charge in [-0.25, -0.2) is 14.2 Å². The molecule has 0 aliphatic heterocycles. The molecule has 0 atom stereocenters. The number of rotatable bonds is 11. The second kappa shape index (κ2) is 12.7. The molecule has 1 heterocycles. The normalized spacial score (nSPS) is 11.4. The van der Waals surface area contributed by atoms with Crippen LogP contribution in [0.5, 0.6) is 5.75 Å². The summed E-state index contributed by atoms with van der Waals surface area (Å²) in [7, 11) is 1.82. The maximum atomic E-state index is 14.9. The third kappa shape index (κ3) is 8.82. The molecule has 1 aromatic heterocycles. The minimum Gasteiger partial charge on any atom is -0.492 e. The average Bonchev–Trinajstić information content (AvgIpc) is 2.74. The maximum Gasteiger partial charge on any atom is 0.320 e. The molecule has 0 aliphatic rings. The Hall–Kier alpha value is -3.46. The van der Waals surface area contributed by atoms with E-state index in [2.05, 4.69) is 58.6 Å². The molecule has 1 aromatic carbocycles. The van der Waals surface area contributed by atoms with E-state index in [0.29, 0.717) is 48.3 Å². The van der Waals surface area contributed by atoms with Gasteiger partial charge >= 0.3 is 6.03 Å². The molecule has 0 saturated carbocycles. The van der Waals surface area contributed by atoms with Crippen molar-refractivity contribution in [1.82, 2.24) is 15.6 Å². The Morgan fingerprint density at radius 1 is 1.24 bits per heavy atom. The van der Waals surface area contributed by atoms with Crippen molar-refractivity contribution in [3.05, 3.63) is 48.4 Å². The van der Waals surface area contributed by atoms with Crippen molar-refractivity contribution in [2.75, 3.05) is 37.4 Å². The molecule has 0 aliphatic carbocycles. The van der Waals surface area contributed by atoms with Gasteiger partial charge in [0.15, 0.2) is 0 Å². The van der Waals surface area contributed by atoms with Gasteiger partial charge in [-0.05, 0) is 37.9 Å². The number of ether oxygens (including phenoxy) is 1. The number of likely N-dealkylation sites (N-methyl/N-ethyl adjacent to an activating group) is 1. The van der Waals surface area contributed by atoms with E-state index in [1.807, 2.05) is 7.05 Å². The number of aliphatic imine (C=N–C) groups is 1. The minimum absolute atomic E-state index is 0.142. The lowest BCUT2D eigenvalue weighted by Gasteiger charge is -2.18. The smallest absolute Gasteiger partial charge is 0.320 e. The first kappa shape index (κ1) is 26.8. The number of pyridine rings is 1. The van der Waals surface area contributed by atoms with Crippen LogP contribution in [0.2, 0.25) is 0 Å². The van der Waals surface area contributed by atoms with E-state index in [-0.39, 0.29) is 17.0 Å². The molecule has 4 N–H and O–H groups in total. The van der Waals surface area contributed by atoms with Crippen LogP contribution < -0.4 is 26.0 Å². The van der Waals surface area contributed by atoms with Crippen molar-refractivity contribution < 1.29 is 13.9 Å². The molecule has 0 unspecified atom stereocenters. The number of halogens is 1. The Bertz CT molecular complexity index is 1000. The first-order chi connectivity index (χ1) is 16.1. The molecule has 2 rings (SSSR count). The van der Waals surface area contributed by atoms with Gasteiger partial charge in [-0.3, -0.25) is 10.3 Å². The summed E-state index contributed by atoms with van der Waals surface area (Å²) < 4.78 is 20.5. The monoisotopic (exact) mass is 470 g/mol. The van der Waals surface area contributed by atoms with Crippen molar-refractivity contribution in [2.45, 2.75) is 34.1 Å². The Labute approximate surface area is 201 Å². The van der Waals surface area contributed by atoms with E-state index in [1.54, 1.807) is 31.3 Å². The fourth-order valence-electron chi connectivity index (χ4n) is 2.95. The second-order valence-electron chi connectivity index (χ2n) is 8.87. The quantitative estimate of drug-likeness (QED) is 0.268. The standard InChI is InChI=1S/C25H35FN6O2/c1-7-28-21-15-19(34-13-12-27-6)14-20(26)23(21)17(2)31-18-8-9-22(30-16-18)32-24(33)29-11-10-25(3,4)5/h7-9,14-16,27,31H,2,10-13H2,1,3-6H3,(H2,29,30,32,33). The lowest BCUT2D eigenvalue weighted by atomic mass is 9.92. The number of carbonyl (C=O) groups is 1. The predicted octanol–water partition coefficient (Wildman–Crippen LogP) is 5.18. The summed E-state index contributed by atoms with van der Waals surface area (Å²) in [4.78, 5) is 20.5. The Kier molecular flexibility index (Phi) is 10.0. The first-order valence-corrected chi connectivity index (χ1v) is 11.2. The summed E-state index contributed by atoms with van der Waals surface area (Å²) in [5.74, 6) is 0.288. The van der Waals surface area contributed by atoms with Crippen LogP contribution in [-0.2, 0) is 0 Å². The highest BCUT2D eigenvalue weighted by molar-refractivity contribution is 5.88. The molecule has 0 bridgehead atoms. The van der Waals surface area contributed by atoms with E-state index >= 15 is 0 Å². The molecule has 8 nitrogen and oxygen atoms in total. The van der Waals surface area contributed by atoms with E-state index in [9.17, 15) is 9.18 Å². The number of anilines is 2. The van der Waals surface area contributed by atoms with E-state index in [4.69, 9.17) is 4.74 Å². The highest BCUT2D eigenvalue weighted by atomic mass is 19.1. The molecular formula is C25H35FN6O2. The lowest BCUT2D eigenvalue weighted by Crippen LogP contribution is -2.31. The molecule has 34 heavy (non-hydrogen) atoms. The number of hydrogen-bond donors (Lipinski definition) is 4. The third-order valence-electron chi connectivity index (χ3n) is 4.69. The Morgan fingerprint density at radius 2 is 2.00 bits per heavy atom. The molecule has 0 spiro atoms. The average molecular weight is 471 g/mol. The summed E-state index contributed by atoms with van der Waals surface area (Å²) in [6.07, 6.45) is 3.98. The number of benzene rings is 1. The number of urea groups is 1. The lowest BCUT2D eigenvalue weighted by molar-refractivity contribution is 0.250. The number of carbonyl (C=O) groups excluding carboxylic acids is 1. The number of aromatic nitrogens is 1. The fraction of sp³-hybridized carbons (Fsp3) is 0.400. The van der Waals surface area contributed by atoms with Crippen LogP contribution in [0.15, 0.2) is 42.0 Å². The molecule has 0 fully saturated rings. The van der Waals surface area contributed by atoms with Gasteiger partial charge in [0.05, 0.1) is 23.1 Å². The molecule has 0 saturated heterocycles. The summed E-state index contributed by atoms with van der Waals surface area (Å²) in [6.45, 7) is 13.7. The zero-order valence-electron chi connectivity index (χ0n) is 20.6. The Morgan fingerprint density at radius 3 is 2.62 bits per heavy atom. The molecule has 0 radical (unpaired) electrons. The fourth-order valence-corrected chi connectivity index (χ4v) is 2.95. The van der Waals surface area contributed by atoms with Crippen LogP contribution in [0.1, 0.15) is 39.7 Å². The van der Waals surface area contributed by atoms with Crippen molar-refractivity contribution in [1.29, 1.82) is 0 Å². The van der Waals surface area contributed by atoms with Crippen molar-refractivity contribution in [3.8, 4) is 5.75 Å². The van der Waals surface area contributed by atoms with E-state index in [1.165, 1.54) is 12.3 Å². The second-order valence-corrected chi connectivity index (χ2v) is 8.87. The van der Waals surface area contributed by atoms with Gasteiger partial charge in [0, 0.05) is 37.1 Å². The van der Waals surface area contributed by atoms with Gasteiger partial charge in [-0.15, -0.1) is 0 Å². The predicted molar refractivity (Wildman–Crippen MR) is 138 cm³/mol. The molecule has 184 valence electrons. The third-order valence-corrected chi connectivity index (χ3v) is 4.69. The van der Waals surface area contributed by atoms with Crippen LogP contribution in [0.3, 0.4) is 0 Å². The van der Waals surface area contributed by atoms with E-state index in [0.717, 1.165) is 6.42 Å². The zero-order valence-corrected chi connectivity index (χ0v) is 20.6. The zero-order chi connectivity index (χ0) is 25.1. The van der Waals surface area contributed by atoms with E-state index < -0.39 is 5.82 Å². The first-order valence-electron chi connectivity index (χ1n) is 11.2. The van der Waals surface area contributed by atoms with Crippen LogP contribution in [-0.4, -0.2) is 44.0 Å². The minimum atomic E-state index is -0.502. The van der Waals surface area contributed by atoms with Crippen LogP contribution in [0, 0.1) is 11.2 Å². The topological polar surface area (TPSA) is 99.7 Å². The van der Waals surface area contributed by atoms with Crippen LogP contribution >= 0.6 is 0 Å². The van der Waals surface area contributed by atoms with Gasteiger partial charge in [-0.2, -0.15) is 0 Å². The van der Waals surface area contributed by atoms with Gasteiger partial charge in [0.25, 0.3) is 0 Å². The molecule has 2 amide bonds. The van der Waals surface area contributed by atoms with Crippen molar-refractivity contribution >= 4 is 35.1 Å². The summed E-state index contributed by atoms with van der Waals surface area (Å²) in [5, 5.41) is 11.5. The number of nitrogens with one attached hydrogen (secondary N) is 4.